The second-order valence-electron chi connectivity index (χ2n) is 4.52. The van der Waals surface area contributed by atoms with E-state index >= 15 is 0 Å². The maximum absolute atomic E-state index is 5.94. The van der Waals surface area contributed by atoms with Crippen LogP contribution in [0.3, 0.4) is 0 Å². The minimum absolute atomic E-state index is 0.481. The molecule has 0 amide bonds. The average Bonchev–Trinajstić information content (AvgIpc) is 3.01. The smallest absolute Gasteiger partial charge is 0.257 e. The topological polar surface area (TPSA) is 51.0 Å². The van der Waals surface area contributed by atoms with Crippen molar-refractivity contribution in [1.82, 2.24) is 15.5 Å². The van der Waals surface area contributed by atoms with Crippen LogP contribution in [-0.2, 0) is 6.42 Å². The summed E-state index contributed by atoms with van der Waals surface area (Å²) in [5, 5.41) is 8.11. The predicted octanol–water partition coefficient (Wildman–Crippen LogP) is 2.68. The van der Waals surface area contributed by atoms with Crippen LogP contribution in [0.1, 0.15) is 18.7 Å². The maximum atomic E-state index is 5.94. The van der Waals surface area contributed by atoms with Crippen LogP contribution in [0.5, 0.6) is 0 Å². The molecule has 1 fully saturated rings. The lowest BCUT2D eigenvalue weighted by atomic mass is 10.1. The largest absolute Gasteiger partial charge is 0.334 e. The number of hydrogen-bond acceptors (Lipinski definition) is 4. The molecule has 18 heavy (non-hydrogen) atoms. The van der Waals surface area contributed by atoms with Crippen molar-refractivity contribution in [2.45, 2.75) is 25.3 Å². The summed E-state index contributed by atoms with van der Waals surface area (Å²) in [6.07, 6.45) is 3.23. The number of rotatable bonds is 3. The zero-order valence-electron chi connectivity index (χ0n) is 9.90. The summed E-state index contributed by atoms with van der Waals surface area (Å²) in [4.78, 5) is 4.41. The quantitative estimate of drug-likeness (QED) is 0.925. The number of nitrogens with zero attached hydrogens (tertiary/aromatic N) is 2. The van der Waals surface area contributed by atoms with Crippen molar-refractivity contribution in [3.8, 4) is 11.5 Å². The molecule has 0 aliphatic carbocycles. The van der Waals surface area contributed by atoms with Crippen molar-refractivity contribution in [3.05, 3.63) is 35.1 Å². The van der Waals surface area contributed by atoms with Gasteiger partial charge < -0.3 is 9.84 Å². The maximum Gasteiger partial charge on any atom is 0.257 e. The minimum atomic E-state index is 0.481. The van der Waals surface area contributed by atoms with Crippen LogP contribution in [0.2, 0.25) is 5.02 Å². The molecule has 1 atom stereocenters. The molecule has 2 aromatic rings. The molecule has 5 heteroatoms. The number of aromatic nitrogens is 2. The third-order valence-electron chi connectivity index (χ3n) is 3.13. The Balaban J connectivity index is 1.76. The van der Waals surface area contributed by atoms with Crippen molar-refractivity contribution in [2.24, 2.45) is 0 Å². The highest BCUT2D eigenvalue weighted by Gasteiger charge is 2.18. The fourth-order valence-corrected chi connectivity index (χ4v) is 2.42. The van der Waals surface area contributed by atoms with E-state index in [1.165, 1.54) is 12.8 Å². The van der Waals surface area contributed by atoms with E-state index in [9.17, 15) is 0 Å². The Morgan fingerprint density at radius 3 is 3.17 bits per heavy atom. The van der Waals surface area contributed by atoms with Gasteiger partial charge in [-0.25, -0.2) is 0 Å². The molecule has 94 valence electrons. The lowest BCUT2D eigenvalue weighted by molar-refractivity contribution is 0.418. The van der Waals surface area contributed by atoms with Gasteiger partial charge in [-0.2, -0.15) is 4.98 Å². The second kappa shape index (κ2) is 5.08. The van der Waals surface area contributed by atoms with E-state index in [4.69, 9.17) is 16.1 Å². The van der Waals surface area contributed by atoms with Gasteiger partial charge in [-0.05, 0) is 37.6 Å². The molecule has 1 unspecified atom stereocenters. The third kappa shape index (κ3) is 2.54. The van der Waals surface area contributed by atoms with Crippen molar-refractivity contribution >= 4 is 11.6 Å². The lowest BCUT2D eigenvalue weighted by Gasteiger charge is -2.04. The molecule has 1 aliphatic heterocycles. The van der Waals surface area contributed by atoms with Gasteiger partial charge in [0.25, 0.3) is 5.89 Å². The highest BCUT2D eigenvalue weighted by molar-refractivity contribution is 6.30. The molecule has 1 N–H and O–H groups in total. The van der Waals surface area contributed by atoms with Crippen LogP contribution in [0.15, 0.2) is 28.8 Å². The first-order chi connectivity index (χ1) is 8.81. The molecule has 3 rings (SSSR count). The number of halogens is 1. The van der Waals surface area contributed by atoms with Gasteiger partial charge in [-0.1, -0.05) is 22.8 Å². The predicted molar refractivity (Wildman–Crippen MR) is 69.5 cm³/mol. The number of nitrogens with one attached hydrogen (secondary N) is 1. The Bertz CT molecular complexity index is 535. The normalized spacial score (nSPS) is 19.3. The fourth-order valence-electron chi connectivity index (χ4n) is 2.23. The standard InChI is InChI=1S/C13H14ClN3O/c14-10-4-1-3-9(7-10)13-16-12(17-18-13)8-11-5-2-6-15-11/h1,3-4,7,11,15H,2,5-6,8H2. The fraction of sp³-hybridized carbons (Fsp3) is 0.385. The Morgan fingerprint density at radius 1 is 1.44 bits per heavy atom. The van der Waals surface area contributed by atoms with E-state index in [0.29, 0.717) is 17.0 Å². The molecule has 0 saturated carbocycles. The van der Waals surface area contributed by atoms with Crippen molar-refractivity contribution in [2.75, 3.05) is 6.54 Å². The van der Waals surface area contributed by atoms with Gasteiger partial charge in [0, 0.05) is 23.0 Å². The SMILES string of the molecule is Clc1cccc(-c2nc(CC3CCCN3)no2)c1. The first kappa shape index (κ1) is 11.7. The van der Waals surface area contributed by atoms with E-state index in [2.05, 4.69) is 15.5 Å². The molecule has 2 heterocycles. The van der Waals surface area contributed by atoms with Crippen LogP contribution < -0.4 is 5.32 Å². The zero-order valence-corrected chi connectivity index (χ0v) is 10.7. The molecule has 0 radical (unpaired) electrons. The number of hydrogen-bond donors (Lipinski definition) is 1. The molecule has 1 aliphatic rings. The molecule has 0 bridgehead atoms. The van der Waals surface area contributed by atoms with E-state index in [-0.39, 0.29) is 0 Å². The van der Waals surface area contributed by atoms with E-state index in [0.717, 1.165) is 24.4 Å². The summed E-state index contributed by atoms with van der Waals surface area (Å²) >= 11 is 5.94. The molecule has 1 saturated heterocycles. The summed E-state index contributed by atoms with van der Waals surface area (Å²) < 4.78 is 5.27. The Hall–Kier alpha value is -1.39. The van der Waals surface area contributed by atoms with E-state index in [1.54, 1.807) is 0 Å². The third-order valence-corrected chi connectivity index (χ3v) is 3.37. The molecule has 1 aromatic carbocycles. The van der Waals surface area contributed by atoms with Crippen LogP contribution >= 0.6 is 11.6 Å². The molecule has 1 aromatic heterocycles. The average molecular weight is 264 g/mol. The van der Waals surface area contributed by atoms with Gasteiger partial charge in [0.05, 0.1) is 0 Å². The van der Waals surface area contributed by atoms with E-state index < -0.39 is 0 Å². The summed E-state index contributed by atoms with van der Waals surface area (Å²) in [7, 11) is 0. The Labute approximate surface area is 110 Å². The van der Waals surface area contributed by atoms with Gasteiger partial charge in [-0.3, -0.25) is 0 Å². The summed E-state index contributed by atoms with van der Waals surface area (Å²) in [5.41, 5.74) is 0.862. The first-order valence-corrected chi connectivity index (χ1v) is 6.51. The monoisotopic (exact) mass is 263 g/mol. The van der Waals surface area contributed by atoms with Crippen LogP contribution in [0.4, 0.5) is 0 Å². The molecular formula is C13H14ClN3O. The zero-order chi connectivity index (χ0) is 12.4. The highest BCUT2D eigenvalue weighted by atomic mass is 35.5. The van der Waals surface area contributed by atoms with Crippen molar-refractivity contribution in [3.63, 3.8) is 0 Å². The summed E-state index contributed by atoms with van der Waals surface area (Å²) in [6.45, 7) is 1.09. The first-order valence-electron chi connectivity index (χ1n) is 6.13. The van der Waals surface area contributed by atoms with Crippen LogP contribution in [0, 0.1) is 0 Å². The van der Waals surface area contributed by atoms with Gasteiger partial charge in [0.15, 0.2) is 5.82 Å². The van der Waals surface area contributed by atoms with Gasteiger partial charge in [0.1, 0.15) is 0 Å². The summed E-state index contributed by atoms with van der Waals surface area (Å²) in [5.74, 6) is 1.29. The lowest BCUT2D eigenvalue weighted by Crippen LogP contribution is -2.24. The van der Waals surface area contributed by atoms with Crippen LogP contribution in [0.25, 0.3) is 11.5 Å². The van der Waals surface area contributed by atoms with Gasteiger partial charge >= 0.3 is 0 Å². The highest BCUT2D eigenvalue weighted by Crippen LogP contribution is 2.21. The van der Waals surface area contributed by atoms with Crippen molar-refractivity contribution in [1.29, 1.82) is 0 Å². The molecular weight excluding hydrogens is 250 g/mol. The minimum Gasteiger partial charge on any atom is -0.334 e. The van der Waals surface area contributed by atoms with E-state index in [1.807, 2.05) is 24.3 Å². The van der Waals surface area contributed by atoms with Crippen LogP contribution in [-0.4, -0.2) is 22.7 Å². The Kier molecular flexibility index (Phi) is 3.30. The Morgan fingerprint density at radius 2 is 2.39 bits per heavy atom. The van der Waals surface area contributed by atoms with Gasteiger partial charge in [0.2, 0.25) is 0 Å². The molecule has 0 spiro atoms. The second-order valence-corrected chi connectivity index (χ2v) is 4.96. The number of benzene rings is 1. The van der Waals surface area contributed by atoms with Gasteiger partial charge in [-0.15, -0.1) is 0 Å². The summed E-state index contributed by atoms with van der Waals surface area (Å²) in [6, 6.07) is 7.92. The molecule has 4 nitrogen and oxygen atoms in total. The van der Waals surface area contributed by atoms with Crippen molar-refractivity contribution < 1.29 is 4.52 Å².